The van der Waals surface area contributed by atoms with E-state index < -0.39 is 24.3 Å². The number of carbonyl (C=O) groups is 1. The number of hydrogen-bond acceptors (Lipinski definition) is 18. The van der Waals surface area contributed by atoms with Gasteiger partial charge < -0.3 is 55.1 Å². The van der Waals surface area contributed by atoms with Crippen LogP contribution in [0.2, 0.25) is 0 Å². The first-order valence-corrected chi connectivity index (χ1v) is 27.1. The molecular weight excluding hydrogens is 959 g/mol. The van der Waals surface area contributed by atoms with E-state index in [2.05, 4.69) is 57.5 Å². The minimum absolute atomic E-state index is 0.0364. The van der Waals surface area contributed by atoms with Crippen molar-refractivity contribution in [1.82, 2.24) is 35.5 Å². The standard InChI is InChI=1S/C55H67N11O7S/c1-31(2)51(55(70)65-29-39(67)22-46(65)54(69)59-32(3)34-9-11-35(12-10-34)52-33(4)58-30-74-52)48-26-49(62-73-48)63-19-16-40(17-20-63)71-41-23-42(24-41)72-50-21-36(15-18-57-50)66-37-13-14-38(66)28-64(27-37)45-25-44(60-61-53(45)56)43-7-5-6-8-47(43)68/h5-12,15,18,21,25-26,30-32,37-42,46,51,55,67-68,70H,13-14,16-17,19-20,22-24,27-29H2,1-4H3,(H2,56,61)(H,59,69)/t32-,37?,38?,39+,41?,42?,46-,51+,55?/m0/s1. The Morgan fingerprint density at radius 3 is 2.35 bits per heavy atom. The van der Waals surface area contributed by atoms with Crippen LogP contribution in [-0.4, -0.2) is 133 Å². The molecule has 2 bridgehead atoms. The molecule has 1 saturated carbocycles. The van der Waals surface area contributed by atoms with E-state index in [4.69, 9.17) is 19.7 Å². The van der Waals surface area contributed by atoms with Gasteiger partial charge in [0, 0.05) is 87.2 Å². The first-order chi connectivity index (χ1) is 35.8. The van der Waals surface area contributed by atoms with Crippen molar-refractivity contribution >= 4 is 40.3 Å². The van der Waals surface area contributed by atoms with Crippen LogP contribution in [0.4, 0.5) is 23.0 Å². The topological polar surface area (TPSA) is 225 Å². The molecule has 1 amide bonds. The number of benzene rings is 2. The van der Waals surface area contributed by atoms with Gasteiger partial charge in [-0.1, -0.05) is 55.4 Å². The molecule has 7 atom stereocenters. The zero-order valence-electron chi connectivity index (χ0n) is 42.4. The quantitative estimate of drug-likeness (QED) is 0.0654. The van der Waals surface area contributed by atoms with Crippen molar-refractivity contribution in [3.8, 4) is 33.3 Å². The normalized spacial score (nSPS) is 24.5. The van der Waals surface area contributed by atoms with E-state index in [1.807, 2.05) is 87.9 Å². The highest BCUT2D eigenvalue weighted by Crippen LogP contribution is 2.41. The van der Waals surface area contributed by atoms with Crippen LogP contribution in [0.5, 0.6) is 11.6 Å². The molecule has 5 aliphatic rings. The second-order valence-electron chi connectivity index (χ2n) is 21.2. The summed E-state index contributed by atoms with van der Waals surface area (Å²) in [5.41, 5.74) is 14.4. The van der Waals surface area contributed by atoms with Crippen LogP contribution < -0.4 is 30.5 Å². The van der Waals surface area contributed by atoms with Crippen molar-refractivity contribution in [2.75, 3.05) is 53.2 Å². The number of aromatic nitrogens is 5. The van der Waals surface area contributed by atoms with Crippen molar-refractivity contribution in [1.29, 1.82) is 0 Å². The number of pyridine rings is 1. The first-order valence-electron chi connectivity index (χ1n) is 26.2. The summed E-state index contributed by atoms with van der Waals surface area (Å²) in [5, 5.41) is 49.4. The molecule has 2 aromatic carbocycles. The Morgan fingerprint density at radius 2 is 1.64 bits per heavy atom. The van der Waals surface area contributed by atoms with E-state index in [1.54, 1.807) is 28.4 Å². The lowest BCUT2D eigenvalue weighted by atomic mass is 9.90. The van der Waals surface area contributed by atoms with Gasteiger partial charge in [-0.2, -0.15) is 0 Å². The van der Waals surface area contributed by atoms with Crippen molar-refractivity contribution in [3.63, 3.8) is 0 Å². The molecule has 390 valence electrons. The Bertz CT molecular complexity index is 2890. The maximum absolute atomic E-state index is 13.8. The van der Waals surface area contributed by atoms with E-state index in [0.717, 1.165) is 97.8 Å². The molecule has 19 heteroatoms. The average molecular weight is 1030 g/mol. The summed E-state index contributed by atoms with van der Waals surface area (Å²) in [6, 6.07) is 22.8. The summed E-state index contributed by atoms with van der Waals surface area (Å²) in [6.07, 6.45) is 5.94. The lowest BCUT2D eigenvalue weighted by Gasteiger charge is -2.43. The van der Waals surface area contributed by atoms with Gasteiger partial charge >= 0.3 is 0 Å². The number of likely N-dealkylation sites (tertiary alicyclic amines) is 1. The molecular formula is C55H67N11O7S. The van der Waals surface area contributed by atoms with E-state index >= 15 is 0 Å². The van der Waals surface area contributed by atoms with Crippen LogP contribution in [-0.2, 0) is 9.53 Å². The van der Waals surface area contributed by atoms with E-state index in [9.17, 15) is 20.1 Å². The molecule has 0 spiro atoms. The van der Waals surface area contributed by atoms with Gasteiger partial charge in [-0.3, -0.25) is 9.69 Å². The number of nitrogens with two attached hydrogens (primary N) is 1. The number of aliphatic hydroxyl groups excluding tert-OH is 2. The number of rotatable bonds is 16. The van der Waals surface area contributed by atoms with Gasteiger partial charge in [-0.25, -0.2) is 9.97 Å². The van der Waals surface area contributed by atoms with Crippen molar-refractivity contribution in [3.05, 3.63) is 102 Å². The van der Waals surface area contributed by atoms with Gasteiger partial charge in [0.05, 0.1) is 63.8 Å². The smallest absolute Gasteiger partial charge is 0.238 e. The number of anilines is 4. The van der Waals surface area contributed by atoms with Gasteiger partial charge in [-0.05, 0) is 87.3 Å². The number of nitrogen functional groups attached to an aromatic ring is 1. The first kappa shape index (κ1) is 49.8. The zero-order valence-corrected chi connectivity index (χ0v) is 43.2. The molecule has 8 heterocycles. The predicted molar refractivity (Wildman–Crippen MR) is 283 cm³/mol. The second kappa shape index (κ2) is 21.1. The van der Waals surface area contributed by atoms with Gasteiger partial charge in [0.25, 0.3) is 0 Å². The van der Waals surface area contributed by atoms with Crippen LogP contribution in [0.1, 0.15) is 94.7 Å². The van der Waals surface area contributed by atoms with Gasteiger partial charge in [0.15, 0.2) is 11.6 Å². The molecule has 6 aromatic rings. The predicted octanol–water partition coefficient (Wildman–Crippen LogP) is 7.07. The van der Waals surface area contributed by atoms with Gasteiger partial charge in [-0.15, -0.1) is 21.5 Å². The number of piperidine rings is 1. The summed E-state index contributed by atoms with van der Waals surface area (Å²) in [7, 11) is 0. The SMILES string of the molecule is Cc1ncsc1-c1ccc([C@H](C)NC(=O)[C@@H]2C[C@@H](O)CN2C(O)[C@@H](c2cc(N3CCC(OC4CC(Oc5cc(N6C7CCC6CN(c6cc(-c8ccccc8O)nnc6N)C7)ccn5)C4)CC3)no2)C(C)C)cc1. The number of aliphatic hydroxyl groups is 2. The van der Waals surface area contributed by atoms with Crippen molar-refractivity contribution in [2.45, 2.75) is 133 Å². The minimum Gasteiger partial charge on any atom is -0.507 e. The number of amides is 1. The molecule has 4 saturated heterocycles. The van der Waals surface area contributed by atoms with Crippen LogP contribution in [0.15, 0.2) is 89.0 Å². The summed E-state index contributed by atoms with van der Waals surface area (Å²) < 4.78 is 19.0. The Labute approximate surface area is 435 Å². The molecule has 18 nitrogen and oxygen atoms in total. The van der Waals surface area contributed by atoms with E-state index in [0.29, 0.717) is 34.5 Å². The molecule has 4 aliphatic heterocycles. The number of ether oxygens (including phenoxy) is 2. The Hall–Kier alpha value is -6.38. The fourth-order valence-electron chi connectivity index (χ4n) is 11.9. The van der Waals surface area contributed by atoms with Gasteiger partial charge in [0.2, 0.25) is 11.8 Å². The molecule has 5 fully saturated rings. The number of aromatic hydroxyl groups is 1. The zero-order chi connectivity index (χ0) is 51.2. The van der Waals surface area contributed by atoms with E-state index in [-0.39, 0.29) is 67.0 Å². The molecule has 4 aromatic heterocycles. The summed E-state index contributed by atoms with van der Waals surface area (Å²) in [5.74, 6) is 1.65. The van der Waals surface area contributed by atoms with Crippen molar-refractivity contribution < 1.29 is 34.1 Å². The number of fused-ring (bicyclic) bond motifs is 2. The van der Waals surface area contributed by atoms with Gasteiger partial charge in [0.1, 0.15) is 23.8 Å². The summed E-state index contributed by atoms with van der Waals surface area (Å²) in [4.78, 5) is 32.7. The lowest BCUT2D eigenvalue weighted by Crippen LogP contribution is -2.54. The molecule has 11 rings (SSSR count). The number of phenolic OH excluding ortho intramolecular Hbond substituents is 1. The lowest BCUT2D eigenvalue weighted by molar-refractivity contribution is -0.131. The minimum atomic E-state index is -1.09. The number of phenols is 1. The second-order valence-corrected chi connectivity index (χ2v) is 22.1. The maximum Gasteiger partial charge on any atom is 0.238 e. The summed E-state index contributed by atoms with van der Waals surface area (Å²) in [6.45, 7) is 11.2. The number of nitrogens with zero attached hydrogens (tertiary/aromatic N) is 9. The molecule has 74 heavy (non-hydrogen) atoms. The largest absolute Gasteiger partial charge is 0.507 e. The fourth-order valence-corrected chi connectivity index (χ4v) is 12.7. The highest BCUT2D eigenvalue weighted by molar-refractivity contribution is 7.13. The Morgan fingerprint density at radius 1 is 0.878 bits per heavy atom. The third kappa shape index (κ3) is 10.2. The number of aryl methyl sites for hydroxylation is 1. The fraction of sp³-hybridized carbons (Fsp3) is 0.491. The number of β-amino-alcohol motifs (C(OH)–C–C–N with tert-alkyl or cyclic N) is 1. The highest BCUT2D eigenvalue weighted by atomic mass is 32.1. The van der Waals surface area contributed by atoms with E-state index in [1.165, 1.54) is 0 Å². The number of nitrogens with one attached hydrogen (secondary N) is 1. The highest BCUT2D eigenvalue weighted by Gasteiger charge is 2.45. The Balaban J connectivity index is 0.641. The number of thiazole rings is 1. The van der Waals surface area contributed by atoms with Crippen LogP contribution in [0, 0.1) is 12.8 Å². The molecule has 3 unspecified atom stereocenters. The maximum atomic E-state index is 13.8. The third-order valence-corrected chi connectivity index (χ3v) is 16.9. The van der Waals surface area contributed by atoms with Crippen LogP contribution >= 0.6 is 11.3 Å². The molecule has 0 radical (unpaired) electrons. The number of hydrogen-bond donors (Lipinski definition) is 5. The molecule has 1 aliphatic carbocycles. The van der Waals surface area contributed by atoms with Crippen LogP contribution in [0.25, 0.3) is 21.7 Å². The number of carbonyl (C=O) groups excluding carboxylic acids is 1. The Kier molecular flexibility index (Phi) is 14.2. The number of para-hydroxylation sites is 1. The van der Waals surface area contributed by atoms with Crippen LogP contribution in [0.3, 0.4) is 0 Å². The summed E-state index contributed by atoms with van der Waals surface area (Å²) >= 11 is 1.60. The van der Waals surface area contributed by atoms with Crippen molar-refractivity contribution in [2.24, 2.45) is 5.92 Å². The monoisotopic (exact) mass is 1030 g/mol. The number of piperazine rings is 1. The molecule has 6 N–H and O–H groups in total. The average Bonchev–Trinajstić information content (AvgIpc) is 4.20. The third-order valence-electron chi connectivity index (χ3n) is 15.9.